The maximum absolute atomic E-state index is 5.54. The van der Waals surface area contributed by atoms with Crippen molar-refractivity contribution in [1.82, 2.24) is 9.88 Å². The van der Waals surface area contributed by atoms with E-state index in [1.807, 2.05) is 12.3 Å². The Hall–Kier alpha value is -1.13. The van der Waals surface area contributed by atoms with Gasteiger partial charge < -0.3 is 15.5 Å². The Labute approximate surface area is 110 Å². The van der Waals surface area contributed by atoms with Crippen molar-refractivity contribution in [3.63, 3.8) is 0 Å². The molecule has 0 bridgehead atoms. The van der Waals surface area contributed by atoms with Gasteiger partial charge in [0.2, 0.25) is 0 Å². The van der Waals surface area contributed by atoms with Gasteiger partial charge >= 0.3 is 0 Å². The van der Waals surface area contributed by atoms with Crippen LogP contribution in [0, 0.1) is 0 Å². The molecule has 0 atom stereocenters. The lowest BCUT2D eigenvalue weighted by Crippen LogP contribution is -2.31. The van der Waals surface area contributed by atoms with Gasteiger partial charge in [0.25, 0.3) is 0 Å². The van der Waals surface area contributed by atoms with Crippen molar-refractivity contribution in [3.8, 4) is 0 Å². The number of hydrogen-bond donors (Lipinski definition) is 1. The van der Waals surface area contributed by atoms with Gasteiger partial charge in [0, 0.05) is 25.8 Å². The first-order chi connectivity index (χ1) is 8.90. The van der Waals surface area contributed by atoms with Crippen molar-refractivity contribution in [2.45, 2.75) is 19.3 Å². The number of hydrogen-bond acceptors (Lipinski definition) is 4. The molecule has 4 heteroatoms. The second-order valence-electron chi connectivity index (χ2n) is 4.87. The Morgan fingerprint density at radius 2 is 2.06 bits per heavy atom. The summed E-state index contributed by atoms with van der Waals surface area (Å²) in [5, 5.41) is 0. The predicted octanol–water partition coefficient (Wildman–Crippen LogP) is 1.33. The van der Waals surface area contributed by atoms with Crippen LogP contribution >= 0.6 is 0 Å². The van der Waals surface area contributed by atoms with Gasteiger partial charge in [-0.25, -0.2) is 4.98 Å². The van der Waals surface area contributed by atoms with Crippen LogP contribution < -0.4 is 10.6 Å². The molecule has 1 fully saturated rings. The van der Waals surface area contributed by atoms with Crippen LogP contribution in [0.15, 0.2) is 24.4 Å². The molecule has 0 amide bonds. The zero-order chi connectivity index (χ0) is 12.6. The van der Waals surface area contributed by atoms with Gasteiger partial charge in [-0.3, -0.25) is 0 Å². The topological polar surface area (TPSA) is 45.4 Å². The van der Waals surface area contributed by atoms with Crippen LogP contribution in [0.4, 0.5) is 5.82 Å². The summed E-state index contributed by atoms with van der Waals surface area (Å²) in [6.07, 6.45) is 5.46. The number of nitrogens with zero attached hydrogens (tertiary/aromatic N) is 3. The summed E-state index contributed by atoms with van der Waals surface area (Å²) in [6.45, 7) is 6.54. The van der Waals surface area contributed by atoms with Crippen LogP contribution in [-0.4, -0.2) is 49.2 Å². The van der Waals surface area contributed by atoms with E-state index in [9.17, 15) is 0 Å². The first kappa shape index (κ1) is 13.3. The van der Waals surface area contributed by atoms with E-state index in [1.165, 1.54) is 25.9 Å². The Morgan fingerprint density at radius 3 is 2.83 bits per heavy atom. The summed E-state index contributed by atoms with van der Waals surface area (Å²) in [7, 11) is 0. The third kappa shape index (κ3) is 3.96. The Bertz CT molecular complexity index is 328. The lowest BCUT2D eigenvalue weighted by atomic mass is 10.3. The van der Waals surface area contributed by atoms with Gasteiger partial charge in [-0.15, -0.1) is 0 Å². The van der Waals surface area contributed by atoms with Crippen molar-refractivity contribution in [3.05, 3.63) is 24.4 Å². The lowest BCUT2D eigenvalue weighted by Gasteiger charge is -2.22. The van der Waals surface area contributed by atoms with E-state index in [0.29, 0.717) is 0 Å². The Morgan fingerprint density at radius 1 is 1.11 bits per heavy atom. The smallest absolute Gasteiger partial charge is 0.128 e. The highest BCUT2D eigenvalue weighted by molar-refractivity contribution is 5.37. The third-order valence-electron chi connectivity index (χ3n) is 3.49. The fourth-order valence-electron chi connectivity index (χ4n) is 2.44. The standard InChI is InChI=1S/C14H24N4/c15-7-2-4-9-17-10-5-11-18(13-12-17)14-6-1-3-8-16-14/h1,3,6,8H,2,4-5,7,9-13,15H2. The van der Waals surface area contributed by atoms with Crippen molar-refractivity contribution in [1.29, 1.82) is 0 Å². The largest absolute Gasteiger partial charge is 0.355 e. The number of nitrogens with two attached hydrogens (primary N) is 1. The molecular weight excluding hydrogens is 224 g/mol. The van der Waals surface area contributed by atoms with Gasteiger partial charge in [-0.2, -0.15) is 0 Å². The highest BCUT2D eigenvalue weighted by Crippen LogP contribution is 2.12. The predicted molar refractivity (Wildman–Crippen MR) is 75.8 cm³/mol. The second kappa shape index (κ2) is 7.34. The summed E-state index contributed by atoms with van der Waals surface area (Å²) in [5.41, 5.74) is 5.54. The minimum Gasteiger partial charge on any atom is -0.355 e. The van der Waals surface area contributed by atoms with E-state index in [1.54, 1.807) is 0 Å². The van der Waals surface area contributed by atoms with Crippen LogP contribution in [0.5, 0.6) is 0 Å². The third-order valence-corrected chi connectivity index (χ3v) is 3.49. The van der Waals surface area contributed by atoms with Gasteiger partial charge in [-0.1, -0.05) is 6.07 Å². The number of rotatable bonds is 5. The molecule has 0 aliphatic carbocycles. The number of aromatic nitrogens is 1. The summed E-state index contributed by atoms with van der Waals surface area (Å²) < 4.78 is 0. The van der Waals surface area contributed by atoms with E-state index < -0.39 is 0 Å². The molecule has 2 heterocycles. The zero-order valence-corrected chi connectivity index (χ0v) is 11.1. The molecule has 0 radical (unpaired) electrons. The van der Waals surface area contributed by atoms with Crippen LogP contribution in [-0.2, 0) is 0 Å². The first-order valence-corrected chi connectivity index (χ1v) is 6.98. The average molecular weight is 248 g/mol. The zero-order valence-electron chi connectivity index (χ0n) is 11.1. The van der Waals surface area contributed by atoms with E-state index in [0.717, 1.165) is 38.4 Å². The van der Waals surface area contributed by atoms with E-state index >= 15 is 0 Å². The quantitative estimate of drug-likeness (QED) is 0.799. The molecule has 0 saturated carbocycles. The highest BCUT2D eigenvalue weighted by Gasteiger charge is 2.15. The van der Waals surface area contributed by atoms with Crippen molar-refractivity contribution >= 4 is 5.82 Å². The van der Waals surface area contributed by atoms with Gasteiger partial charge in [0.1, 0.15) is 5.82 Å². The number of pyridine rings is 1. The minimum absolute atomic E-state index is 0.813. The molecule has 1 aliphatic heterocycles. The molecule has 2 N–H and O–H groups in total. The molecule has 1 aromatic rings. The van der Waals surface area contributed by atoms with Crippen molar-refractivity contribution in [2.24, 2.45) is 5.73 Å². The molecule has 100 valence electrons. The fraction of sp³-hybridized carbons (Fsp3) is 0.643. The number of anilines is 1. The van der Waals surface area contributed by atoms with Crippen LogP contribution in [0.25, 0.3) is 0 Å². The molecule has 18 heavy (non-hydrogen) atoms. The molecule has 2 rings (SSSR count). The van der Waals surface area contributed by atoms with E-state index in [2.05, 4.69) is 26.9 Å². The van der Waals surface area contributed by atoms with Crippen molar-refractivity contribution in [2.75, 3.05) is 44.2 Å². The second-order valence-corrected chi connectivity index (χ2v) is 4.87. The molecule has 0 unspecified atom stereocenters. The van der Waals surface area contributed by atoms with E-state index in [4.69, 9.17) is 5.73 Å². The summed E-state index contributed by atoms with van der Waals surface area (Å²) in [5.74, 6) is 1.11. The van der Waals surface area contributed by atoms with Gasteiger partial charge in [0.05, 0.1) is 0 Å². The molecule has 1 saturated heterocycles. The number of unbranched alkanes of at least 4 members (excludes halogenated alkanes) is 1. The fourth-order valence-corrected chi connectivity index (χ4v) is 2.44. The molecule has 0 aromatic carbocycles. The highest BCUT2D eigenvalue weighted by atomic mass is 15.2. The maximum atomic E-state index is 5.54. The molecular formula is C14H24N4. The molecule has 1 aliphatic rings. The Balaban J connectivity index is 1.81. The van der Waals surface area contributed by atoms with Crippen LogP contribution in [0.2, 0.25) is 0 Å². The Kier molecular flexibility index (Phi) is 5.42. The van der Waals surface area contributed by atoms with Gasteiger partial charge in [0.15, 0.2) is 0 Å². The van der Waals surface area contributed by atoms with Crippen molar-refractivity contribution < 1.29 is 0 Å². The first-order valence-electron chi connectivity index (χ1n) is 6.98. The summed E-state index contributed by atoms with van der Waals surface area (Å²) >= 11 is 0. The van der Waals surface area contributed by atoms with Crippen LogP contribution in [0.3, 0.4) is 0 Å². The monoisotopic (exact) mass is 248 g/mol. The SMILES string of the molecule is NCCCCN1CCCN(c2ccccn2)CC1. The summed E-state index contributed by atoms with van der Waals surface area (Å²) in [4.78, 5) is 9.38. The lowest BCUT2D eigenvalue weighted by molar-refractivity contribution is 0.288. The molecule has 4 nitrogen and oxygen atoms in total. The maximum Gasteiger partial charge on any atom is 0.128 e. The minimum atomic E-state index is 0.813. The summed E-state index contributed by atoms with van der Waals surface area (Å²) in [6, 6.07) is 6.14. The van der Waals surface area contributed by atoms with E-state index in [-0.39, 0.29) is 0 Å². The molecule has 1 aromatic heterocycles. The average Bonchev–Trinajstić information content (AvgIpc) is 2.66. The van der Waals surface area contributed by atoms with Crippen LogP contribution in [0.1, 0.15) is 19.3 Å². The molecule has 0 spiro atoms. The normalized spacial score (nSPS) is 17.7. The van der Waals surface area contributed by atoms with Gasteiger partial charge in [-0.05, 0) is 51.0 Å².